The third-order valence-corrected chi connectivity index (χ3v) is 7.67. The maximum Gasteiger partial charge on any atom is 0.324 e. The fourth-order valence-corrected chi connectivity index (χ4v) is 5.19. The molecule has 2 aliphatic rings. The molecule has 1 atom stereocenters. The van der Waals surface area contributed by atoms with E-state index in [4.69, 9.17) is 10.3 Å². The second-order valence-corrected chi connectivity index (χ2v) is 10.5. The monoisotopic (exact) mass is 536 g/mol. The number of piperidine rings is 1. The Kier molecular flexibility index (Phi) is 8.06. The van der Waals surface area contributed by atoms with Crippen LogP contribution in [0, 0.1) is 12.7 Å². The number of likely N-dealkylation sites (N-methyl/N-ethyl adjacent to an activating group) is 1. The van der Waals surface area contributed by atoms with Crippen LogP contribution in [-0.4, -0.2) is 69.7 Å². The summed E-state index contributed by atoms with van der Waals surface area (Å²) in [5, 5.41) is 4.12. The lowest BCUT2D eigenvalue weighted by Crippen LogP contribution is -2.47. The average molecular weight is 537 g/mol. The molecule has 2 N–H and O–H groups in total. The lowest BCUT2D eigenvalue weighted by molar-refractivity contribution is 0.0661. The molecule has 0 spiro atoms. The van der Waals surface area contributed by atoms with Crippen LogP contribution in [0.2, 0.25) is 0 Å². The zero-order valence-electron chi connectivity index (χ0n) is 22.9. The van der Waals surface area contributed by atoms with Gasteiger partial charge in [0.05, 0.1) is 11.6 Å². The van der Waals surface area contributed by atoms with Gasteiger partial charge in [0, 0.05) is 62.6 Å². The number of aryl methyl sites for hydroxylation is 1. The van der Waals surface area contributed by atoms with E-state index in [-0.39, 0.29) is 17.8 Å². The highest BCUT2D eigenvalue weighted by Gasteiger charge is 2.32. The van der Waals surface area contributed by atoms with E-state index in [0.717, 1.165) is 50.2 Å². The lowest BCUT2D eigenvalue weighted by Gasteiger charge is -2.37. The van der Waals surface area contributed by atoms with Crippen molar-refractivity contribution in [2.24, 2.45) is 5.73 Å². The van der Waals surface area contributed by atoms with Gasteiger partial charge in [0.1, 0.15) is 5.82 Å². The van der Waals surface area contributed by atoms with Crippen LogP contribution in [0.1, 0.15) is 78.8 Å². The van der Waals surface area contributed by atoms with Crippen LogP contribution < -0.4 is 15.5 Å². The minimum atomic E-state index is -0.538. The minimum absolute atomic E-state index is 0.0853. The van der Waals surface area contributed by atoms with E-state index in [0.29, 0.717) is 48.6 Å². The van der Waals surface area contributed by atoms with Crippen LogP contribution >= 0.6 is 0 Å². The van der Waals surface area contributed by atoms with E-state index >= 15 is 0 Å². The van der Waals surface area contributed by atoms with Gasteiger partial charge in [-0.1, -0.05) is 22.9 Å². The van der Waals surface area contributed by atoms with Crippen molar-refractivity contribution in [2.45, 2.75) is 64.5 Å². The largest absolute Gasteiger partial charge is 0.339 e. The number of hydrogen-bond acceptors (Lipinski definition) is 9. The van der Waals surface area contributed by atoms with Crippen molar-refractivity contribution < 1.29 is 13.7 Å². The number of nitrogens with zero attached hydrogens (tertiary/aromatic N) is 7. The fraction of sp³-hybridized carbons (Fsp3) is 0.536. The van der Waals surface area contributed by atoms with Gasteiger partial charge in [-0.25, -0.2) is 14.4 Å². The van der Waals surface area contributed by atoms with Crippen molar-refractivity contribution in [2.75, 3.05) is 42.5 Å². The summed E-state index contributed by atoms with van der Waals surface area (Å²) in [5.41, 5.74) is 8.21. The molecule has 5 rings (SSSR count). The fourth-order valence-electron chi connectivity index (χ4n) is 5.19. The Hall–Kier alpha value is -3.60. The summed E-state index contributed by atoms with van der Waals surface area (Å²) < 4.78 is 19.8. The van der Waals surface area contributed by atoms with Gasteiger partial charge in [-0.15, -0.1) is 0 Å². The Balaban J connectivity index is 1.20. The van der Waals surface area contributed by atoms with Gasteiger partial charge in [-0.2, -0.15) is 4.98 Å². The topological polar surface area (TPSA) is 118 Å². The maximum atomic E-state index is 14.3. The lowest BCUT2D eigenvalue weighted by atomic mass is 10.0. The molecule has 39 heavy (non-hydrogen) atoms. The minimum Gasteiger partial charge on any atom is -0.339 e. The highest BCUT2D eigenvalue weighted by Crippen LogP contribution is 2.39. The molecule has 208 valence electrons. The van der Waals surface area contributed by atoms with Gasteiger partial charge in [-0.05, 0) is 52.5 Å². The summed E-state index contributed by atoms with van der Waals surface area (Å²) >= 11 is 0. The second kappa shape index (κ2) is 11.6. The molecule has 0 bridgehead atoms. The van der Waals surface area contributed by atoms with Crippen LogP contribution in [0.5, 0.6) is 0 Å². The molecule has 3 aromatic rings. The van der Waals surface area contributed by atoms with Crippen molar-refractivity contribution in [3.63, 3.8) is 0 Å². The number of carbonyl (C=O) groups excluding carboxylic acids is 1. The van der Waals surface area contributed by atoms with Gasteiger partial charge in [0.25, 0.3) is 5.91 Å². The van der Waals surface area contributed by atoms with Gasteiger partial charge in [0.15, 0.2) is 5.82 Å². The number of benzene rings is 1. The Morgan fingerprint density at radius 1 is 1.15 bits per heavy atom. The molecule has 0 radical (unpaired) electrons. The summed E-state index contributed by atoms with van der Waals surface area (Å²) in [6.07, 6.45) is 7.05. The quantitative estimate of drug-likeness (QED) is 0.412. The van der Waals surface area contributed by atoms with Crippen LogP contribution in [0.3, 0.4) is 0 Å². The number of nitrogens with two attached hydrogens (primary N) is 1. The van der Waals surface area contributed by atoms with E-state index in [1.165, 1.54) is 6.07 Å². The summed E-state index contributed by atoms with van der Waals surface area (Å²) in [5.74, 6) is 1.32. The number of halogens is 1. The van der Waals surface area contributed by atoms with Crippen LogP contribution in [-0.2, 0) is 0 Å². The van der Waals surface area contributed by atoms with Crippen LogP contribution in [0.15, 0.2) is 35.1 Å². The highest BCUT2D eigenvalue weighted by molar-refractivity contribution is 5.94. The third-order valence-electron chi connectivity index (χ3n) is 7.67. The van der Waals surface area contributed by atoms with E-state index in [2.05, 4.69) is 25.0 Å². The SMILES string of the molecule is CCN(CC(N)c1cc(C)ccc1F)c1ncc(C(=O)N(CC)C2CCN(c3nc(C4CC4)no3)CC2)cn1. The molecular weight excluding hydrogens is 499 g/mol. The number of aromatic nitrogens is 4. The number of amides is 1. The smallest absolute Gasteiger partial charge is 0.324 e. The predicted molar refractivity (Wildman–Crippen MR) is 146 cm³/mol. The predicted octanol–water partition coefficient (Wildman–Crippen LogP) is 3.84. The molecule has 1 aliphatic heterocycles. The van der Waals surface area contributed by atoms with Crippen molar-refractivity contribution in [3.8, 4) is 0 Å². The van der Waals surface area contributed by atoms with E-state index in [9.17, 15) is 9.18 Å². The molecule has 1 aromatic carbocycles. The molecule has 1 saturated heterocycles. The summed E-state index contributed by atoms with van der Waals surface area (Å²) in [6.45, 7) is 8.91. The Bertz CT molecular complexity index is 1270. The van der Waals surface area contributed by atoms with Crippen LogP contribution in [0.4, 0.5) is 16.4 Å². The summed E-state index contributed by atoms with van der Waals surface area (Å²) in [4.78, 5) is 32.8. The van der Waals surface area contributed by atoms with E-state index < -0.39 is 6.04 Å². The van der Waals surface area contributed by atoms with Gasteiger partial charge in [-0.3, -0.25) is 4.79 Å². The van der Waals surface area contributed by atoms with Crippen LogP contribution in [0.25, 0.3) is 0 Å². The summed E-state index contributed by atoms with van der Waals surface area (Å²) in [7, 11) is 0. The maximum absolute atomic E-state index is 14.3. The molecule has 1 aliphatic carbocycles. The van der Waals surface area contributed by atoms with Gasteiger partial charge < -0.3 is 25.0 Å². The normalized spacial score (nSPS) is 16.8. The van der Waals surface area contributed by atoms with Crippen molar-refractivity contribution >= 4 is 17.9 Å². The highest BCUT2D eigenvalue weighted by atomic mass is 19.1. The number of carbonyl (C=O) groups is 1. The zero-order valence-corrected chi connectivity index (χ0v) is 22.9. The summed E-state index contributed by atoms with van der Waals surface area (Å²) in [6, 6.07) is 5.09. The number of anilines is 2. The van der Waals surface area contributed by atoms with Crippen molar-refractivity contribution in [1.82, 2.24) is 25.0 Å². The van der Waals surface area contributed by atoms with Gasteiger partial charge >= 0.3 is 6.01 Å². The van der Waals surface area contributed by atoms with Crippen molar-refractivity contribution in [3.05, 3.63) is 58.9 Å². The molecule has 3 heterocycles. The molecule has 2 aromatic heterocycles. The molecular formula is C28H37FN8O2. The van der Waals surface area contributed by atoms with E-state index in [1.54, 1.807) is 24.5 Å². The zero-order chi connectivity index (χ0) is 27.5. The Morgan fingerprint density at radius 3 is 2.51 bits per heavy atom. The number of rotatable bonds is 10. The molecule has 10 nitrogen and oxygen atoms in total. The van der Waals surface area contributed by atoms with E-state index in [1.807, 2.05) is 30.6 Å². The molecule has 11 heteroatoms. The molecule has 1 unspecified atom stereocenters. The second-order valence-electron chi connectivity index (χ2n) is 10.5. The Morgan fingerprint density at radius 2 is 1.87 bits per heavy atom. The first-order valence-electron chi connectivity index (χ1n) is 13.9. The number of hydrogen-bond donors (Lipinski definition) is 1. The Labute approximate surface area is 228 Å². The molecule has 2 fully saturated rings. The molecule has 1 saturated carbocycles. The third kappa shape index (κ3) is 6.03. The molecule has 1 amide bonds. The first-order chi connectivity index (χ1) is 18.9. The first-order valence-corrected chi connectivity index (χ1v) is 13.9. The first kappa shape index (κ1) is 27.0. The van der Waals surface area contributed by atoms with Crippen molar-refractivity contribution in [1.29, 1.82) is 0 Å². The van der Waals surface area contributed by atoms with Gasteiger partial charge in [0.2, 0.25) is 5.95 Å². The average Bonchev–Trinajstić information content (AvgIpc) is 3.70. The standard InChI is InChI=1S/C28H37FN8O2/c1-4-35(17-24(30)22-14-18(3)6-9-23(22)29)27-31-15-20(16-32-27)26(38)37(5-2)21-10-12-36(13-11-21)28-33-25(34-39-28)19-7-8-19/h6,9,14-16,19,21,24H,4-5,7-8,10-13,17,30H2,1-3H3.